The minimum absolute atomic E-state index is 0.00220. The van der Waals surface area contributed by atoms with E-state index in [9.17, 15) is 24.8 Å². The van der Waals surface area contributed by atoms with Crippen LogP contribution in [0, 0.1) is 5.41 Å². The Morgan fingerprint density at radius 2 is 2.03 bits per heavy atom. The normalized spacial score (nSPS) is 29.6. The molecule has 0 bridgehead atoms. The molecule has 12 nitrogen and oxygen atoms in total. The van der Waals surface area contributed by atoms with E-state index in [1.165, 1.54) is 35.6 Å². The van der Waals surface area contributed by atoms with Crippen LogP contribution >= 0.6 is 7.60 Å². The maximum absolute atomic E-state index is 12.3. The van der Waals surface area contributed by atoms with E-state index in [2.05, 4.69) is 9.97 Å². The summed E-state index contributed by atoms with van der Waals surface area (Å²) in [6, 6.07) is 0. The fourth-order valence-electron chi connectivity index (χ4n) is 3.28. The van der Waals surface area contributed by atoms with Crippen LogP contribution in [0.4, 0.5) is 0 Å². The maximum atomic E-state index is 12.3. The van der Waals surface area contributed by atoms with Crippen molar-refractivity contribution in [2.24, 2.45) is 7.05 Å². The number of aliphatic hydroxyl groups is 3. The van der Waals surface area contributed by atoms with Gasteiger partial charge in [0, 0.05) is 13.5 Å². The summed E-state index contributed by atoms with van der Waals surface area (Å²) in [6.45, 7) is 4.30. The van der Waals surface area contributed by atoms with Gasteiger partial charge in [-0.15, -0.1) is 0 Å². The Morgan fingerprint density at radius 3 is 2.67 bits per heavy atom. The highest BCUT2D eigenvalue weighted by Gasteiger charge is 2.47. The maximum Gasteiger partial charge on any atom is 0.359 e. The second kappa shape index (κ2) is 8.12. The number of hydrogen-bond acceptors (Lipinski definition) is 9. The van der Waals surface area contributed by atoms with Crippen LogP contribution in [0.1, 0.15) is 39.8 Å². The molecule has 2 aromatic heterocycles. The highest BCUT2D eigenvalue weighted by Crippen LogP contribution is 2.56. The molecule has 1 aliphatic rings. The molecule has 0 radical (unpaired) electrons. The number of hydrogen-bond donors (Lipinski definition) is 5. The van der Waals surface area contributed by atoms with E-state index in [0.717, 1.165) is 0 Å². The minimum Gasteiger partial charge on any atom is -0.388 e. The zero-order chi connectivity index (χ0) is 22.4. The molecule has 1 fully saturated rings. The molecular weight excluding hydrogens is 417 g/mol. The van der Waals surface area contributed by atoms with Crippen LogP contribution < -0.4 is 5.49 Å². The zero-order valence-electron chi connectivity index (χ0n) is 17.2. The molecule has 3 heterocycles. The van der Waals surface area contributed by atoms with E-state index < -0.39 is 43.6 Å². The predicted molar refractivity (Wildman–Crippen MR) is 104 cm³/mol. The van der Waals surface area contributed by atoms with Crippen molar-refractivity contribution >= 4 is 18.8 Å². The third-order valence-corrected chi connectivity index (χ3v) is 7.65. The molecule has 0 amide bonds. The first-order valence-electron chi connectivity index (χ1n) is 9.57. The number of ether oxygens (including phenoxy) is 1. The van der Waals surface area contributed by atoms with Crippen LogP contribution in [0.25, 0.3) is 11.2 Å². The quantitative estimate of drug-likeness (QED) is 0.366. The van der Waals surface area contributed by atoms with E-state index in [1.807, 2.05) is 0 Å². The van der Waals surface area contributed by atoms with Gasteiger partial charge < -0.3 is 34.0 Å². The van der Waals surface area contributed by atoms with E-state index in [1.54, 1.807) is 14.0 Å². The van der Waals surface area contributed by atoms with Crippen LogP contribution in [-0.2, 0) is 20.9 Å². The van der Waals surface area contributed by atoms with Crippen LogP contribution in [0.15, 0.2) is 12.7 Å². The number of aliphatic hydroxyl groups excluding tert-OH is 2. The van der Waals surface area contributed by atoms with E-state index in [-0.39, 0.29) is 18.3 Å². The first-order valence-corrected chi connectivity index (χ1v) is 11.2. The number of rotatable bonds is 7. The van der Waals surface area contributed by atoms with Crippen LogP contribution in [0.5, 0.6) is 0 Å². The van der Waals surface area contributed by atoms with Crippen LogP contribution in [0.3, 0.4) is 0 Å². The van der Waals surface area contributed by atoms with Gasteiger partial charge in [0.2, 0.25) is 0 Å². The fraction of sp³-hybridized carbons (Fsp3) is 0.706. The summed E-state index contributed by atoms with van der Waals surface area (Å²) in [4.78, 5) is 18.4. The second-order valence-electron chi connectivity index (χ2n) is 7.82. The Labute approximate surface area is 172 Å². The molecule has 0 saturated carbocycles. The lowest BCUT2D eigenvalue weighted by molar-refractivity contribution is -0.0471. The summed E-state index contributed by atoms with van der Waals surface area (Å²) in [5, 5.41) is 37.2. The average Bonchev–Trinajstić information content (AvgIpc) is 3.21. The summed E-state index contributed by atoms with van der Waals surface area (Å²) in [5.41, 5.74) is 0.763. The zero-order valence-corrected chi connectivity index (χ0v) is 18.1. The second-order valence-corrected chi connectivity index (χ2v) is 10.0. The SMILES string of the molecule is CCC(C)(O)P(=O)(O)OC(C)C[C@H]1O[C@@H](n2cnc3c(=N)n(C)cnc32)[C@H](O)[C@@H]1O. The predicted octanol–water partition coefficient (Wildman–Crippen LogP) is -0.0324. The van der Waals surface area contributed by atoms with Gasteiger partial charge in [0.15, 0.2) is 22.7 Å². The molecule has 30 heavy (non-hydrogen) atoms. The Morgan fingerprint density at radius 1 is 1.37 bits per heavy atom. The largest absolute Gasteiger partial charge is 0.388 e. The van der Waals surface area contributed by atoms with Gasteiger partial charge >= 0.3 is 7.60 Å². The van der Waals surface area contributed by atoms with Gasteiger partial charge in [0.05, 0.1) is 24.9 Å². The summed E-state index contributed by atoms with van der Waals surface area (Å²) in [5.74, 6) is 0. The summed E-state index contributed by atoms with van der Waals surface area (Å²) >= 11 is 0. The minimum atomic E-state index is -4.34. The van der Waals surface area contributed by atoms with Gasteiger partial charge in [-0.25, -0.2) is 9.97 Å². The standard InChI is InChI=1S/C17H28N5O7P/c1-5-17(3,25)30(26,27)29-9(2)6-10-12(23)13(24)16(28-10)22-8-19-11-14(18)21(4)7-20-15(11)22/h7-10,12-13,16,18,23-25H,5-6H2,1-4H3,(H,26,27)/t9?,10-,12-,13-,16-,17?/m1/s1. The number of nitrogens with one attached hydrogen (secondary N) is 1. The highest BCUT2D eigenvalue weighted by molar-refractivity contribution is 7.54. The molecule has 3 unspecified atom stereocenters. The summed E-state index contributed by atoms with van der Waals surface area (Å²) in [7, 11) is -2.68. The third-order valence-electron chi connectivity index (χ3n) is 5.47. The van der Waals surface area contributed by atoms with Crippen molar-refractivity contribution in [3.8, 4) is 0 Å². The summed E-state index contributed by atoms with van der Waals surface area (Å²) in [6.07, 6.45) is -2.54. The van der Waals surface area contributed by atoms with Gasteiger partial charge in [-0.3, -0.25) is 14.5 Å². The van der Waals surface area contributed by atoms with Crippen LogP contribution in [-0.4, -0.2) is 69.1 Å². The van der Waals surface area contributed by atoms with Crippen molar-refractivity contribution in [1.82, 2.24) is 19.1 Å². The van der Waals surface area contributed by atoms with Crippen molar-refractivity contribution in [1.29, 1.82) is 5.41 Å². The van der Waals surface area contributed by atoms with Crippen molar-refractivity contribution in [2.45, 2.75) is 69.6 Å². The molecule has 5 N–H and O–H groups in total. The van der Waals surface area contributed by atoms with E-state index in [0.29, 0.717) is 11.2 Å². The number of imidazole rings is 1. The van der Waals surface area contributed by atoms with E-state index in [4.69, 9.17) is 14.7 Å². The molecule has 1 saturated heterocycles. The van der Waals surface area contributed by atoms with Crippen LogP contribution in [0.2, 0.25) is 0 Å². The molecule has 0 aliphatic carbocycles. The Bertz CT molecular complexity index is 1020. The van der Waals surface area contributed by atoms with Gasteiger partial charge in [-0.1, -0.05) is 6.92 Å². The molecular formula is C17H28N5O7P. The highest BCUT2D eigenvalue weighted by atomic mass is 31.2. The van der Waals surface area contributed by atoms with Gasteiger partial charge in [0.25, 0.3) is 0 Å². The van der Waals surface area contributed by atoms with Crippen molar-refractivity contribution in [2.75, 3.05) is 0 Å². The van der Waals surface area contributed by atoms with Crippen molar-refractivity contribution in [3.05, 3.63) is 18.1 Å². The fourth-order valence-corrected chi connectivity index (χ4v) is 4.48. The molecule has 3 rings (SSSR count). The molecule has 13 heteroatoms. The third kappa shape index (κ3) is 3.96. The molecule has 1 aliphatic heterocycles. The Kier molecular flexibility index (Phi) is 6.23. The number of aryl methyl sites for hydroxylation is 1. The lowest BCUT2D eigenvalue weighted by Gasteiger charge is -2.30. The molecule has 2 aromatic rings. The topological polar surface area (TPSA) is 176 Å². The number of aromatic nitrogens is 4. The lowest BCUT2D eigenvalue weighted by atomic mass is 10.1. The van der Waals surface area contributed by atoms with Crippen molar-refractivity contribution < 1.29 is 34.0 Å². The molecule has 168 valence electrons. The van der Waals surface area contributed by atoms with Gasteiger partial charge in [-0.2, -0.15) is 0 Å². The van der Waals surface area contributed by atoms with Gasteiger partial charge in [-0.05, 0) is 20.3 Å². The smallest absolute Gasteiger partial charge is 0.359 e. The molecule has 0 aromatic carbocycles. The average molecular weight is 445 g/mol. The van der Waals surface area contributed by atoms with E-state index >= 15 is 0 Å². The number of fused-ring (bicyclic) bond motifs is 1. The molecule has 0 spiro atoms. The Hall–Kier alpha value is -1.66. The van der Waals surface area contributed by atoms with Crippen molar-refractivity contribution in [3.63, 3.8) is 0 Å². The first kappa shape index (κ1) is 23.0. The van der Waals surface area contributed by atoms with Gasteiger partial charge in [0.1, 0.15) is 17.7 Å². The molecule has 7 atom stereocenters. The number of nitrogens with zero attached hydrogens (tertiary/aromatic N) is 4. The Balaban J connectivity index is 1.77. The lowest BCUT2D eigenvalue weighted by Crippen LogP contribution is -2.34. The first-order chi connectivity index (χ1) is 13.9. The summed E-state index contributed by atoms with van der Waals surface area (Å²) < 4.78 is 26.3. The monoisotopic (exact) mass is 445 g/mol.